The maximum atomic E-state index is 12.8. The molecule has 0 spiro atoms. The predicted octanol–water partition coefficient (Wildman–Crippen LogP) is 3.19. The summed E-state index contributed by atoms with van der Waals surface area (Å²) in [6.45, 7) is 4.62. The maximum Gasteiger partial charge on any atom is 0.262 e. The van der Waals surface area contributed by atoms with Gasteiger partial charge in [0.1, 0.15) is 11.0 Å². The highest BCUT2D eigenvalue weighted by Gasteiger charge is 2.11. The van der Waals surface area contributed by atoms with Crippen molar-refractivity contribution < 1.29 is 14.0 Å². The molecule has 0 unspecified atom stereocenters. The molecule has 0 aliphatic heterocycles. The van der Waals surface area contributed by atoms with E-state index in [-0.39, 0.29) is 12.2 Å². The Hall–Kier alpha value is -2.67. The largest absolute Gasteiger partial charge is 0.273 e. The fraction of sp³-hybridized carbons (Fsp3) is 0.316. The number of hydrazine groups is 1. The maximum absolute atomic E-state index is 12.8. The first kappa shape index (κ1) is 20.6. The van der Waals surface area contributed by atoms with Crippen LogP contribution in [0.4, 0.5) is 4.39 Å². The standard InChI is InChI=1S/C19H22ClFN4O2/c1-3-4-11-25-19(20)16(13(2)24-25)9-10-17(26)22-23-18(27)12-14-5-7-15(21)8-6-14/h5-10H,3-4,11-12H2,1-2H3,(H,22,26)(H,23,27)/b10-9+. The lowest BCUT2D eigenvalue weighted by Crippen LogP contribution is -2.41. The molecule has 2 rings (SSSR count). The summed E-state index contributed by atoms with van der Waals surface area (Å²) < 4.78 is 14.6. The molecule has 144 valence electrons. The number of hydrogen-bond acceptors (Lipinski definition) is 3. The highest BCUT2D eigenvalue weighted by atomic mass is 35.5. The zero-order valence-electron chi connectivity index (χ0n) is 15.3. The van der Waals surface area contributed by atoms with Crippen LogP contribution in [0.5, 0.6) is 0 Å². The van der Waals surface area contributed by atoms with Gasteiger partial charge < -0.3 is 0 Å². The lowest BCUT2D eigenvalue weighted by molar-refractivity contribution is -0.126. The summed E-state index contributed by atoms with van der Waals surface area (Å²) in [6, 6.07) is 5.57. The van der Waals surface area contributed by atoms with Crippen molar-refractivity contribution >= 4 is 29.5 Å². The molecule has 0 aliphatic rings. The molecule has 27 heavy (non-hydrogen) atoms. The molecule has 0 saturated heterocycles. The van der Waals surface area contributed by atoms with Gasteiger partial charge in [-0.05, 0) is 37.1 Å². The van der Waals surface area contributed by atoms with E-state index in [1.165, 1.54) is 30.3 Å². The van der Waals surface area contributed by atoms with Crippen LogP contribution in [0.1, 0.15) is 36.6 Å². The number of aryl methyl sites for hydroxylation is 2. The van der Waals surface area contributed by atoms with Gasteiger partial charge in [0.2, 0.25) is 5.91 Å². The smallest absolute Gasteiger partial charge is 0.262 e. The summed E-state index contributed by atoms with van der Waals surface area (Å²) in [4.78, 5) is 23.7. The van der Waals surface area contributed by atoms with Gasteiger partial charge in [-0.2, -0.15) is 5.10 Å². The van der Waals surface area contributed by atoms with Gasteiger partial charge in [-0.25, -0.2) is 4.39 Å². The van der Waals surface area contributed by atoms with E-state index in [2.05, 4.69) is 22.9 Å². The Labute approximate surface area is 162 Å². The number of aromatic nitrogens is 2. The van der Waals surface area contributed by atoms with Crippen LogP contribution in [-0.2, 0) is 22.6 Å². The Morgan fingerprint density at radius 1 is 1.26 bits per heavy atom. The normalized spacial score (nSPS) is 11.0. The average Bonchev–Trinajstić information content (AvgIpc) is 2.91. The molecule has 8 heteroatoms. The first-order valence-electron chi connectivity index (χ1n) is 8.65. The van der Waals surface area contributed by atoms with Crippen LogP contribution in [-0.4, -0.2) is 21.6 Å². The third-order valence-corrected chi connectivity index (χ3v) is 4.24. The second kappa shape index (κ2) is 9.87. The minimum atomic E-state index is -0.501. The van der Waals surface area contributed by atoms with E-state index in [0.29, 0.717) is 16.3 Å². The van der Waals surface area contributed by atoms with Gasteiger partial charge in [0, 0.05) is 18.2 Å². The Morgan fingerprint density at radius 3 is 2.63 bits per heavy atom. The van der Waals surface area contributed by atoms with Crippen molar-refractivity contribution in [1.82, 2.24) is 20.6 Å². The highest BCUT2D eigenvalue weighted by Crippen LogP contribution is 2.21. The topological polar surface area (TPSA) is 76.0 Å². The van der Waals surface area contributed by atoms with Crippen molar-refractivity contribution in [2.75, 3.05) is 0 Å². The summed E-state index contributed by atoms with van der Waals surface area (Å²) in [5, 5.41) is 4.84. The Morgan fingerprint density at radius 2 is 1.96 bits per heavy atom. The summed E-state index contributed by atoms with van der Waals surface area (Å²) in [5.74, 6) is -1.28. The summed E-state index contributed by atoms with van der Waals surface area (Å²) in [7, 11) is 0. The lowest BCUT2D eigenvalue weighted by Gasteiger charge is -2.05. The third-order valence-electron chi connectivity index (χ3n) is 3.84. The lowest BCUT2D eigenvalue weighted by atomic mass is 10.1. The average molecular weight is 393 g/mol. The van der Waals surface area contributed by atoms with E-state index in [9.17, 15) is 14.0 Å². The van der Waals surface area contributed by atoms with Gasteiger partial charge in [-0.15, -0.1) is 0 Å². The van der Waals surface area contributed by atoms with Gasteiger partial charge >= 0.3 is 0 Å². The number of carbonyl (C=O) groups excluding carboxylic acids is 2. The van der Waals surface area contributed by atoms with E-state index >= 15 is 0 Å². The molecule has 0 atom stereocenters. The summed E-state index contributed by atoms with van der Waals surface area (Å²) in [5.41, 5.74) is 6.63. The van der Waals surface area contributed by atoms with Crippen LogP contribution in [0.15, 0.2) is 30.3 Å². The molecule has 0 saturated carbocycles. The van der Waals surface area contributed by atoms with Crippen LogP contribution in [0.2, 0.25) is 5.15 Å². The molecule has 1 aromatic heterocycles. The zero-order valence-corrected chi connectivity index (χ0v) is 16.0. The number of benzene rings is 1. The van der Waals surface area contributed by atoms with Crippen molar-refractivity contribution in [1.29, 1.82) is 0 Å². The van der Waals surface area contributed by atoms with Crippen molar-refractivity contribution in [2.45, 2.75) is 39.7 Å². The van der Waals surface area contributed by atoms with E-state index in [0.717, 1.165) is 25.1 Å². The quantitative estimate of drug-likeness (QED) is 0.561. The number of nitrogens with zero attached hydrogens (tertiary/aromatic N) is 2. The van der Waals surface area contributed by atoms with Crippen molar-refractivity contribution in [2.24, 2.45) is 0 Å². The Kier molecular flexibility index (Phi) is 7.55. The van der Waals surface area contributed by atoms with Gasteiger partial charge in [0.15, 0.2) is 0 Å². The van der Waals surface area contributed by atoms with E-state index in [1.807, 2.05) is 6.92 Å². The molecule has 0 bridgehead atoms. The molecule has 1 aromatic carbocycles. The number of halogens is 2. The number of hydrogen-bond donors (Lipinski definition) is 2. The van der Waals surface area contributed by atoms with Crippen molar-refractivity contribution in [3.05, 3.63) is 58.1 Å². The van der Waals surface area contributed by atoms with Crippen LogP contribution in [0, 0.1) is 12.7 Å². The molecule has 2 N–H and O–H groups in total. The van der Waals surface area contributed by atoms with Crippen LogP contribution in [0.3, 0.4) is 0 Å². The van der Waals surface area contributed by atoms with E-state index in [1.54, 1.807) is 10.8 Å². The van der Waals surface area contributed by atoms with Gasteiger partial charge in [-0.3, -0.25) is 25.1 Å². The number of nitrogens with one attached hydrogen (secondary N) is 2. The zero-order chi connectivity index (χ0) is 19.8. The third kappa shape index (κ3) is 6.21. The first-order valence-corrected chi connectivity index (χ1v) is 9.02. The molecule has 6 nitrogen and oxygen atoms in total. The van der Waals surface area contributed by atoms with E-state index < -0.39 is 11.8 Å². The Balaban J connectivity index is 1.87. The second-order valence-corrected chi connectivity index (χ2v) is 6.40. The summed E-state index contributed by atoms with van der Waals surface area (Å²) >= 11 is 6.30. The molecular formula is C19H22ClFN4O2. The predicted molar refractivity (Wildman–Crippen MR) is 102 cm³/mol. The monoisotopic (exact) mass is 392 g/mol. The van der Waals surface area contributed by atoms with Gasteiger partial charge in [-0.1, -0.05) is 37.1 Å². The van der Waals surface area contributed by atoms with Crippen LogP contribution in [0.25, 0.3) is 6.08 Å². The number of unbranched alkanes of at least 4 members (excludes halogenated alkanes) is 1. The number of carbonyl (C=O) groups is 2. The molecular weight excluding hydrogens is 371 g/mol. The van der Waals surface area contributed by atoms with Crippen molar-refractivity contribution in [3.63, 3.8) is 0 Å². The number of amides is 2. The molecule has 0 aliphatic carbocycles. The molecule has 1 heterocycles. The second-order valence-electron chi connectivity index (χ2n) is 6.04. The van der Waals surface area contributed by atoms with E-state index in [4.69, 9.17) is 11.6 Å². The van der Waals surface area contributed by atoms with Crippen LogP contribution < -0.4 is 10.9 Å². The summed E-state index contributed by atoms with van der Waals surface area (Å²) in [6.07, 6.45) is 4.86. The fourth-order valence-electron chi connectivity index (χ4n) is 2.38. The van der Waals surface area contributed by atoms with Crippen LogP contribution >= 0.6 is 11.6 Å². The fourth-order valence-corrected chi connectivity index (χ4v) is 2.70. The molecule has 0 radical (unpaired) electrons. The minimum absolute atomic E-state index is 0.0272. The molecule has 2 amide bonds. The van der Waals surface area contributed by atoms with Gasteiger partial charge in [0.25, 0.3) is 5.91 Å². The molecule has 2 aromatic rings. The first-order chi connectivity index (χ1) is 12.9. The highest BCUT2D eigenvalue weighted by molar-refractivity contribution is 6.31. The minimum Gasteiger partial charge on any atom is -0.273 e. The van der Waals surface area contributed by atoms with Gasteiger partial charge in [0.05, 0.1) is 12.1 Å². The number of rotatable bonds is 7. The molecule has 0 fully saturated rings. The van der Waals surface area contributed by atoms with Crippen molar-refractivity contribution in [3.8, 4) is 0 Å². The SMILES string of the molecule is CCCCn1nc(C)c(/C=C/C(=O)NNC(=O)Cc2ccc(F)cc2)c1Cl. The Bertz CT molecular complexity index is 831.